The van der Waals surface area contributed by atoms with Gasteiger partial charge in [-0.15, -0.1) is 0 Å². The topological polar surface area (TPSA) is 21.6 Å². The van der Waals surface area contributed by atoms with Gasteiger partial charge < -0.3 is 4.84 Å². The van der Waals surface area contributed by atoms with E-state index in [2.05, 4.69) is 30.8 Å². The standard InChI is InChI=1S/C17H17NO/c1-3-15-5-4-6-17(11-15)13-19-18-12-16-9-7-14(2)8-10-16/h3-12H,1,13H2,2H3. The maximum atomic E-state index is 5.29. The van der Waals surface area contributed by atoms with Gasteiger partial charge in [0.2, 0.25) is 0 Å². The van der Waals surface area contributed by atoms with E-state index in [4.69, 9.17) is 4.84 Å². The van der Waals surface area contributed by atoms with Crippen molar-refractivity contribution < 1.29 is 4.84 Å². The maximum absolute atomic E-state index is 5.29. The van der Waals surface area contributed by atoms with Crippen LogP contribution >= 0.6 is 0 Å². The molecule has 0 radical (unpaired) electrons. The van der Waals surface area contributed by atoms with Crippen LogP contribution in [-0.4, -0.2) is 6.21 Å². The van der Waals surface area contributed by atoms with Crippen LogP contribution in [-0.2, 0) is 11.4 Å². The molecule has 2 rings (SSSR count). The Hall–Kier alpha value is -2.35. The minimum absolute atomic E-state index is 0.462. The van der Waals surface area contributed by atoms with Crippen LogP contribution in [0.15, 0.2) is 60.3 Å². The quantitative estimate of drug-likeness (QED) is 0.577. The molecule has 0 aromatic heterocycles. The van der Waals surface area contributed by atoms with Crippen LogP contribution in [0.4, 0.5) is 0 Å². The summed E-state index contributed by atoms with van der Waals surface area (Å²) >= 11 is 0. The minimum Gasteiger partial charge on any atom is -0.391 e. The van der Waals surface area contributed by atoms with Crippen LogP contribution in [0.1, 0.15) is 22.3 Å². The summed E-state index contributed by atoms with van der Waals surface area (Å²) in [5, 5.41) is 3.97. The van der Waals surface area contributed by atoms with E-state index in [1.165, 1.54) is 5.56 Å². The van der Waals surface area contributed by atoms with E-state index in [1.54, 1.807) is 6.21 Å². The third kappa shape index (κ3) is 4.11. The fourth-order valence-corrected chi connectivity index (χ4v) is 1.67. The summed E-state index contributed by atoms with van der Waals surface area (Å²) in [7, 11) is 0. The van der Waals surface area contributed by atoms with Gasteiger partial charge in [0.05, 0.1) is 6.21 Å². The summed E-state index contributed by atoms with van der Waals surface area (Å²) in [5.74, 6) is 0. The second-order valence-corrected chi connectivity index (χ2v) is 4.37. The van der Waals surface area contributed by atoms with Crippen LogP contribution in [0, 0.1) is 6.92 Å². The van der Waals surface area contributed by atoms with Crippen molar-refractivity contribution in [1.29, 1.82) is 0 Å². The molecule has 0 bridgehead atoms. The molecule has 0 unspecified atom stereocenters. The lowest BCUT2D eigenvalue weighted by Crippen LogP contribution is -1.89. The molecule has 0 atom stereocenters. The molecule has 0 aliphatic heterocycles. The van der Waals surface area contributed by atoms with Gasteiger partial charge >= 0.3 is 0 Å². The number of nitrogens with zero attached hydrogens (tertiary/aromatic N) is 1. The Morgan fingerprint density at radius 3 is 2.63 bits per heavy atom. The summed E-state index contributed by atoms with van der Waals surface area (Å²) in [6.07, 6.45) is 3.54. The first kappa shape index (κ1) is 13.1. The highest BCUT2D eigenvalue weighted by atomic mass is 16.6. The van der Waals surface area contributed by atoms with Crippen molar-refractivity contribution in [3.05, 3.63) is 77.4 Å². The molecular weight excluding hydrogens is 234 g/mol. The van der Waals surface area contributed by atoms with Gasteiger partial charge in [0, 0.05) is 0 Å². The fraction of sp³-hybridized carbons (Fsp3) is 0.118. The number of hydrogen-bond acceptors (Lipinski definition) is 2. The molecule has 19 heavy (non-hydrogen) atoms. The van der Waals surface area contributed by atoms with Gasteiger partial charge in [0.15, 0.2) is 0 Å². The zero-order chi connectivity index (χ0) is 13.5. The maximum Gasteiger partial charge on any atom is 0.142 e. The van der Waals surface area contributed by atoms with E-state index in [-0.39, 0.29) is 0 Å². The van der Waals surface area contributed by atoms with E-state index in [1.807, 2.05) is 42.5 Å². The number of hydrogen-bond donors (Lipinski definition) is 0. The van der Waals surface area contributed by atoms with Gasteiger partial charge in [0.1, 0.15) is 6.61 Å². The summed E-state index contributed by atoms with van der Waals surface area (Å²) < 4.78 is 0. The Morgan fingerprint density at radius 1 is 1.11 bits per heavy atom. The van der Waals surface area contributed by atoms with Crippen molar-refractivity contribution in [2.24, 2.45) is 5.16 Å². The highest BCUT2D eigenvalue weighted by molar-refractivity contribution is 5.79. The van der Waals surface area contributed by atoms with E-state index < -0.39 is 0 Å². The summed E-state index contributed by atoms with van der Waals surface area (Å²) in [5.41, 5.74) is 4.44. The zero-order valence-corrected chi connectivity index (χ0v) is 11.0. The Balaban J connectivity index is 1.89. The van der Waals surface area contributed by atoms with Gasteiger partial charge in [0.25, 0.3) is 0 Å². The highest BCUT2D eigenvalue weighted by Crippen LogP contribution is 2.08. The predicted molar refractivity (Wildman–Crippen MR) is 80.1 cm³/mol. The van der Waals surface area contributed by atoms with Gasteiger partial charge in [-0.25, -0.2) is 0 Å². The second kappa shape index (κ2) is 6.55. The predicted octanol–water partition coefficient (Wildman–Crippen LogP) is 4.19. The molecule has 2 nitrogen and oxygen atoms in total. The molecule has 0 saturated carbocycles. The normalized spacial score (nSPS) is 10.6. The van der Waals surface area contributed by atoms with Crippen molar-refractivity contribution in [2.45, 2.75) is 13.5 Å². The lowest BCUT2D eigenvalue weighted by atomic mass is 10.1. The molecule has 96 valence electrons. The molecule has 0 aliphatic carbocycles. The largest absolute Gasteiger partial charge is 0.391 e. The van der Waals surface area contributed by atoms with Crippen molar-refractivity contribution in [1.82, 2.24) is 0 Å². The first-order valence-electron chi connectivity index (χ1n) is 6.21. The first-order valence-corrected chi connectivity index (χ1v) is 6.21. The number of aryl methyl sites for hydroxylation is 1. The molecule has 2 aromatic rings. The molecule has 0 amide bonds. The SMILES string of the molecule is C=Cc1cccc(CON=Cc2ccc(C)cc2)c1. The monoisotopic (exact) mass is 251 g/mol. The zero-order valence-electron chi connectivity index (χ0n) is 11.0. The van der Waals surface area contributed by atoms with Crippen LogP contribution < -0.4 is 0 Å². The van der Waals surface area contributed by atoms with Gasteiger partial charge in [-0.1, -0.05) is 65.8 Å². The first-order chi connectivity index (χ1) is 9.28. The van der Waals surface area contributed by atoms with E-state index >= 15 is 0 Å². The molecular formula is C17H17NO. The van der Waals surface area contributed by atoms with Gasteiger partial charge in [-0.2, -0.15) is 0 Å². The summed E-state index contributed by atoms with van der Waals surface area (Å²) in [6, 6.07) is 16.2. The Kier molecular flexibility index (Phi) is 4.51. The minimum atomic E-state index is 0.462. The van der Waals surface area contributed by atoms with Crippen LogP contribution in [0.5, 0.6) is 0 Å². The molecule has 2 aromatic carbocycles. The average Bonchev–Trinajstić information content (AvgIpc) is 2.46. The van der Waals surface area contributed by atoms with E-state index in [0.29, 0.717) is 6.61 Å². The molecule has 0 saturated heterocycles. The average molecular weight is 251 g/mol. The lowest BCUT2D eigenvalue weighted by molar-refractivity contribution is 0.132. The molecule has 0 N–H and O–H groups in total. The molecule has 2 heteroatoms. The number of rotatable bonds is 5. The molecule has 0 aliphatic rings. The third-order valence-electron chi connectivity index (χ3n) is 2.77. The third-order valence-corrected chi connectivity index (χ3v) is 2.77. The van der Waals surface area contributed by atoms with Crippen LogP contribution in [0.3, 0.4) is 0 Å². The van der Waals surface area contributed by atoms with E-state index in [0.717, 1.165) is 16.7 Å². The van der Waals surface area contributed by atoms with Crippen molar-refractivity contribution in [3.8, 4) is 0 Å². The smallest absolute Gasteiger partial charge is 0.142 e. The number of oxime groups is 1. The van der Waals surface area contributed by atoms with Crippen molar-refractivity contribution in [2.75, 3.05) is 0 Å². The van der Waals surface area contributed by atoms with Crippen molar-refractivity contribution in [3.63, 3.8) is 0 Å². The molecule has 0 spiro atoms. The summed E-state index contributed by atoms with van der Waals surface area (Å²) in [4.78, 5) is 5.29. The molecule has 0 heterocycles. The van der Waals surface area contributed by atoms with Crippen LogP contribution in [0.2, 0.25) is 0 Å². The second-order valence-electron chi connectivity index (χ2n) is 4.37. The van der Waals surface area contributed by atoms with Crippen LogP contribution in [0.25, 0.3) is 6.08 Å². The summed E-state index contributed by atoms with van der Waals surface area (Å²) in [6.45, 7) is 6.27. The molecule has 0 fully saturated rings. The van der Waals surface area contributed by atoms with Gasteiger partial charge in [-0.3, -0.25) is 0 Å². The Morgan fingerprint density at radius 2 is 1.89 bits per heavy atom. The van der Waals surface area contributed by atoms with Crippen molar-refractivity contribution >= 4 is 12.3 Å². The fourth-order valence-electron chi connectivity index (χ4n) is 1.67. The Labute approximate surface area is 114 Å². The Bertz CT molecular complexity index is 570. The van der Waals surface area contributed by atoms with Gasteiger partial charge in [-0.05, 0) is 29.7 Å². The van der Waals surface area contributed by atoms with E-state index in [9.17, 15) is 0 Å². The number of benzene rings is 2. The highest BCUT2D eigenvalue weighted by Gasteiger charge is 1.93. The lowest BCUT2D eigenvalue weighted by Gasteiger charge is -2.01.